The molecule has 1 unspecified atom stereocenters. The van der Waals surface area contributed by atoms with Crippen molar-refractivity contribution in [2.45, 2.75) is 12.5 Å². The Morgan fingerprint density at radius 3 is 3.00 bits per heavy atom. The molecule has 12 heavy (non-hydrogen) atoms. The number of methoxy groups -OCH3 is 1. The van der Waals surface area contributed by atoms with E-state index in [0.29, 0.717) is 6.61 Å². The molecule has 0 aliphatic carbocycles. The summed E-state index contributed by atoms with van der Waals surface area (Å²) >= 11 is 0. The highest BCUT2D eigenvalue weighted by molar-refractivity contribution is 5.83. The lowest BCUT2D eigenvalue weighted by molar-refractivity contribution is -0.128. The number of carbonyl (C=O) groups is 1. The first-order chi connectivity index (χ1) is 5.75. The highest BCUT2D eigenvalue weighted by Gasteiger charge is 2.27. The molecule has 1 rings (SSSR count). The summed E-state index contributed by atoms with van der Waals surface area (Å²) in [5, 5.41) is 3.15. The maximum Gasteiger partial charge on any atom is 0.239 e. The van der Waals surface area contributed by atoms with Crippen LogP contribution in [0.5, 0.6) is 0 Å². The lowest BCUT2D eigenvalue weighted by Gasteiger charge is -2.11. The van der Waals surface area contributed by atoms with E-state index in [-0.39, 0.29) is 11.9 Å². The summed E-state index contributed by atoms with van der Waals surface area (Å²) in [7, 11) is 3.49. The summed E-state index contributed by atoms with van der Waals surface area (Å²) in [5.74, 6) is 0.200. The van der Waals surface area contributed by atoms with Gasteiger partial charge in [0.05, 0.1) is 12.6 Å². The monoisotopic (exact) mass is 172 g/mol. The Hall–Kier alpha value is -0.610. The zero-order chi connectivity index (χ0) is 8.97. The van der Waals surface area contributed by atoms with E-state index in [0.717, 1.165) is 19.5 Å². The molecule has 1 N–H and O–H groups in total. The minimum absolute atomic E-state index is 0.0187. The van der Waals surface area contributed by atoms with E-state index in [1.54, 1.807) is 12.0 Å². The molecular formula is C8H16N2O2. The summed E-state index contributed by atoms with van der Waals surface area (Å²) in [4.78, 5) is 13.1. The van der Waals surface area contributed by atoms with Gasteiger partial charge in [0, 0.05) is 27.2 Å². The maximum absolute atomic E-state index is 11.3. The Morgan fingerprint density at radius 2 is 2.50 bits per heavy atom. The van der Waals surface area contributed by atoms with E-state index in [1.165, 1.54) is 0 Å². The van der Waals surface area contributed by atoms with Crippen molar-refractivity contribution in [1.82, 2.24) is 10.2 Å². The van der Waals surface area contributed by atoms with Crippen LogP contribution in [0.2, 0.25) is 0 Å². The third-order valence-corrected chi connectivity index (χ3v) is 2.12. The van der Waals surface area contributed by atoms with Crippen LogP contribution >= 0.6 is 0 Å². The Kier molecular flexibility index (Phi) is 3.49. The van der Waals surface area contributed by atoms with Crippen LogP contribution in [0, 0.1) is 0 Å². The van der Waals surface area contributed by atoms with Crippen LogP contribution in [-0.2, 0) is 9.53 Å². The zero-order valence-electron chi connectivity index (χ0n) is 7.67. The van der Waals surface area contributed by atoms with Crippen LogP contribution in [0.15, 0.2) is 0 Å². The number of likely N-dealkylation sites (N-methyl/N-ethyl adjacent to an activating group) is 1. The van der Waals surface area contributed by atoms with Crippen LogP contribution in [0.4, 0.5) is 0 Å². The molecule has 1 aliphatic heterocycles. The molecule has 0 radical (unpaired) electrons. The van der Waals surface area contributed by atoms with Crippen molar-refractivity contribution in [3.63, 3.8) is 0 Å². The van der Waals surface area contributed by atoms with Gasteiger partial charge in [-0.3, -0.25) is 4.79 Å². The summed E-state index contributed by atoms with van der Waals surface area (Å²) in [5.41, 5.74) is 0. The van der Waals surface area contributed by atoms with Crippen molar-refractivity contribution in [3.05, 3.63) is 0 Å². The smallest absolute Gasteiger partial charge is 0.239 e. The Bertz CT molecular complexity index is 161. The lowest BCUT2D eigenvalue weighted by atomic mass is 10.2. The van der Waals surface area contributed by atoms with Gasteiger partial charge < -0.3 is 15.0 Å². The molecule has 1 saturated heterocycles. The van der Waals surface area contributed by atoms with Crippen molar-refractivity contribution in [2.75, 3.05) is 33.9 Å². The van der Waals surface area contributed by atoms with Gasteiger partial charge in [0.1, 0.15) is 0 Å². The van der Waals surface area contributed by atoms with E-state index in [9.17, 15) is 4.79 Å². The number of hydrogen-bond donors (Lipinski definition) is 1. The molecule has 0 aromatic rings. The van der Waals surface area contributed by atoms with Crippen LogP contribution in [0.3, 0.4) is 0 Å². The number of nitrogens with one attached hydrogen (secondary N) is 1. The van der Waals surface area contributed by atoms with Crippen LogP contribution < -0.4 is 5.32 Å². The average Bonchev–Trinajstić information content (AvgIpc) is 2.36. The van der Waals surface area contributed by atoms with Crippen molar-refractivity contribution in [3.8, 4) is 0 Å². The first-order valence-electron chi connectivity index (χ1n) is 4.23. The predicted molar refractivity (Wildman–Crippen MR) is 45.9 cm³/mol. The summed E-state index contributed by atoms with van der Waals surface area (Å²) < 4.78 is 4.88. The molecule has 1 aliphatic rings. The molecule has 70 valence electrons. The van der Waals surface area contributed by atoms with Crippen LogP contribution in [0.1, 0.15) is 6.42 Å². The fourth-order valence-electron chi connectivity index (χ4n) is 1.35. The van der Waals surface area contributed by atoms with Gasteiger partial charge in [-0.05, 0) is 6.42 Å². The number of rotatable bonds is 4. The van der Waals surface area contributed by atoms with Crippen molar-refractivity contribution >= 4 is 5.91 Å². The molecule has 4 nitrogen and oxygen atoms in total. The number of ether oxygens (including phenoxy) is 1. The first kappa shape index (κ1) is 9.48. The molecule has 1 atom stereocenters. The molecule has 0 aromatic heterocycles. The minimum atomic E-state index is 0.0187. The fourth-order valence-corrected chi connectivity index (χ4v) is 1.35. The Balaban J connectivity index is 2.20. The van der Waals surface area contributed by atoms with Gasteiger partial charge in [-0.25, -0.2) is 0 Å². The molecule has 0 bridgehead atoms. The number of likely N-dealkylation sites (tertiary alicyclic amines) is 1. The van der Waals surface area contributed by atoms with Crippen molar-refractivity contribution in [2.24, 2.45) is 0 Å². The summed E-state index contributed by atoms with van der Waals surface area (Å²) in [6.07, 6.45) is 0.916. The van der Waals surface area contributed by atoms with E-state index in [1.807, 2.05) is 7.05 Å². The largest absolute Gasteiger partial charge is 0.383 e. The third kappa shape index (κ3) is 2.19. The number of carbonyl (C=O) groups excluding carboxylic acids is 1. The topological polar surface area (TPSA) is 41.6 Å². The lowest BCUT2D eigenvalue weighted by Crippen LogP contribution is -2.38. The quantitative estimate of drug-likeness (QED) is 0.579. The summed E-state index contributed by atoms with van der Waals surface area (Å²) in [6, 6.07) is 0.0187. The minimum Gasteiger partial charge on any atom is -0.383 e. The van der Waals surface area contributed by atoms with Gasteiger partial charge in [0.25, 0.3) is 0 Å². The van der Waals surface area contributed by atoms with E-state index >= 15 is 0 Å². The van der Waals surface area contributed by atoms with Gasteiger partial charge in [-0.2, -0.15) is 0 Å². The fraction of sp³-hybridized carbons (Fsp3) is 0.875. The average molecular weight is 172 g/mol. The van der Waals surface area contributed by atoms with Gasteiger partial charge in [-0.15, -0.1) is 0 Å². The highest BCUT2D eigenvalue weighted by atomic mass is 16.5. The van der Waals surface area contributed by atoms with Crippen molar-refractivity contribution < 1.29 is 9.53 Å². The number of hydrogen-bond acceptors (Lipinski definition) is 3. The second kappa shape index (κ2) is 4.42. The molecule has 1 heterocycles. The molecule has 0 spiro atoms. The zero-order valence-corrected chi connectivity index (χ0v) is 7.67. The molecule has 1 fully saturated rings. The molecule has 0 aromatic carbocycles. The van der Waals surface area contributed by atoms with Gasteiger partial charge in [0.2, 0.25) is 5.91 Å². The SMILES string of the molecule is COCCNC1CCN(C)C1=O. The van der Waals surface area contributed by atoms with Gasteiger partial charge >= 0.3 is 0 Å². The number of nitrogens with zero attached hydrogens (tertiary/aromatic N) is 1. The molecular weight excluding hydrogens is 156 g/mol. The predicted octanol–water partition coefficient (Wildman–Crippen LogP) is -0.547. The van der Waals surface area contributed by atoms with Gasteiger partial charge in [-0.1, -0.05) is 0 Å². The molecule has 0 saturated carbocycles. The van der Waals surface area contributed by atoms with Gasteiger partial charge in [0.15, 0.2) is 0 Å². The first-order valence-corrected chi connectivity index (χ1v) is 4.23. The molecule has 1 amide bonds. The summed E-state index contributed by atoms with van der Waals surface area (Å²) in [6.45, 7) is 2.28. The Labute approximate surface area is 72.9 Å². The second-order valence-electron chi connectivity index (χ2n) is 3.05. The maximum atomic E-state index is 11.3. The van der Waals surface area contributed by atoms with Crippen LogP contribution in [0.25, 0.3) is 0 Å². The third-order valence-electron chi connectivity index (χ3n) is 2.12. The van der Waals surface area contributed by atoms with E-state index in [4.69, 9.17) is 4.74 Å². The number of amides is 1. The van der Waals surface area contributed by atoms with E-state index < -0.39 is 0 Å². The second-order valence-corrected chi connectivity index (χ2v) is 3.05. The standard InChI is InChI=1S/C8H16N2O2/c1-10-5-3-7(8(10)11)9-4-6-12-2/h7,9H,3-6H2,1-2H3. The highest BCUT2D eigenvalue weighted by Crippen LogP contribution is 2.07. The molecule has 4 heteroatoms. The van der Waals surface area contributed by atoms with E-state index in [2.05, 4.69) is 5.32 Å². The normalized spacial score (nSPS) is 23.7. The Morgan fingerprint density at radius 1 is 1.75 bits per heavy atom. The van der Waals surface area contributed by atoms with Crippen molar-refractivity contribution in [1.29, 1.82) is 0 Å². The van der Waals surface area contributed by atoms with Crippen LogP contribution in [-0.4, -0.2) is 50.7 Å².